The molecule has 4 heteroatoms. The van der Waals surface area contributed by atoms with Crippen LogP contribution in [0.15, 0.2) is 30.3 Å². The quantitative estimate of drug-likeness (QED) is 0.790. The van der Waals surface area contributed by atoms with Crippen molar-refractivity contribution in [2.45, 2.75) is 38.3 Å². The van der Waals surface area contributed by atoms with Crippen molar-refractivity contribution in [1.29, 1.82) is 0 Å². The van der Waals surface area contributed by atoms with Crippen molar-refractivity contribution < 1.29 is 15.0 Å². The zero-order valence-electron chi connectivity index (χ0n) is 12.2. The van der Waals surface area contributed by atoms with Gasteiger partial charge < -0.3 is 10.2 Å². The van der Waals surface area contributed by atoms with Crippen molar-refractivity contribution in [3.05, 3.63) is 41.5 Å². The molecule has 2 N–H and O–H groups in total. The van der Waals surface area contributed by atoms with E-state index < -0.39 is 5.97 Å². The zero-order chi connectivity index (χ0) is 15.1. The summed E-state index contributed by atoms with van der Waals surface area (Å²) in [6.07, 6.45) is 7.24. The molecule has 0 aromatic heterocycles. The number of aliphatic hydroxyl groups excluding tert-OH is 1. The van der Waals surface area contributed by atoms with E-state index in [4.69, 9.17) is 10.2 Å². The smallest absolute Gasteiger partial charge is 0.328 e. The number of carboxylic acid groups (broad SMARTS) is 1. The second kappa shape index (κ2) is 7.96. The summed E-state index contributed by atoms with van der Waals surface area (Å²) >= 11 is 0. The molecule has 1 aliphatic heterocycles. The lowest BCUT2D eigenvalue weighted by Crippen LogP contribution is -2.39. The van der Waals surface area contributed by atoms with Crippen LogP contribution in [0.1, 0.15) is 36.8 Å². The van der Waals surface area contributed by atoms with Gasteiger partial charge in [-0.25, -0.2) is 4.79 Å². The van der Waals surface area contributed by atoms with E-state index in [2.05, 4.69) is 4.90 Å². The molecule has 2 rings (SSSR count). The Morgan fingerprint density at radius 2 is 2.05 bits per heavy atom. The Morgan fingerprint density at radius 1 is 1.29 bits per heavy atom. The zero-order valence-corrected chi connectivity index (χ0v) is 12.2. The second-order valence-electron chi connectivity index (χ2n) is 5.55. The SMILES string of the molecule is O=C(O)C=Cc1ccc(CN2CCCCC2CCO)cc1. The minimum atomic E-state index is -0.931. The number of rotatable bonds is 6. The highest BCUT2D eigenvalue weighted by Crippen LogP contribution is 2.22. The summed E-state index contributed by atoms with van der Waals surface area (Å²) < 4.78 is 0. The summed E-state index contributed by atoms with van der Waals surface area (Å²) in [6.45, 7) is 2.24. The molecular formula is C17H23NO3. The predicted octanol–water partition coefficient (Wildman–Crippen LogP) is 2.52. The van der Waals surface area contributed by atoms with Crippen LogP contribution in [0.25, 0.3) is 6.08 Å². The number of carbonyl (C=O) groups is 1. The van der Waals surface area contributed by atoms with Crippen LogP contribution in [0.2, 0.25) is 0 Å². The van der Waals surface area contributed by atoms with E-state index in [1.165, 1.54) is 24.8 Å². The third kappa shape index (κ3) is 4.99. The van der Waals surface area contributed by atoms with Gasteiger partial charge in [-0.2, -0.15) is 0 Å². The van der Waals surface area contributed by atoms with Crippen LogP contribution in [0.5, 0.6) is 0 Å². The largest absolute Gasteiger partial charge is 0.478 e. The molecule has 1 unspecified atom stereocenters. The lowest BCUT2D eigenvalue weighted by atomic mass is 9.98. The van der Waals surface area contributed by atoms with Crippen LogP contribution in [0, 0.1) is 0 Å². The number of nitrogens with zero attached hydrogens (tertiary/aromatic N) is 1. The monoisotopic (exact) mass is 289 g/mol. The average molecular weight is 289 g/mol. The molecule has 0 bridgehead atoms. The molecule has 1 aromatic carbocycles. The predicted molar refractivity (Wildman–Crippen MR) is 82.9 cm³/mol. The number of likely N-dealkylation sites (tertiary alicyclic amines) is 1. The number of carboxylic acids is 1. The normalized spacial score (nSPS) is 20.0. The number of aliphatic hydroxyl groups is 1. The first kappa shape index (κ1) is 15.7. The molecule has 0 aliphatic carbocycles. The average Bonchev–Trinajstić information content (AvgIpc) is 2.49. The van der Waals surface area contributed by atoms with Crippen molar-refractivity contribution in [3.63, 3.8) is 0 Å². The van der Waals surface area contributed by atoms with Crippen LogP contribution in [-0.2, 0) is 11.3 Å². The second-order valence-corrected chi connectivity index (χ2v) is 5.55. The van der Waals surface area contributed by atoms with E-state index in [0.717, 1.165) is 31.1 Å². The highest BCUT2D eigenvalue weighted by Gasteiger charge is 2.21. The van der Waals surface area contributed by atoms with E-state index >= 15 is 0 Å². The lowest BCUT2D eigenvalue weighted by molar-refractivity contribution is -0.131. The Hall–Kier alpha value is -1.65. The van der Waals surface area contributed by atoms with Crippen LogP contribution in [0.3, 0.4) is 0 Å². The van der Waals surface area contributed by atoms with Gasteiger partial charge in [-0.1, -0.05) is 30.7 Å². The minimum absolute atomic E-state index is 0.250. The summed E-state index contributed by atoms with van der Waals surface area (Å²) in [4.78, 5) is 12.9. The van der Waals surface area contributed by atoms with Gasteiger partial charge >= 0.3 is 5.97 Å². The van der Waals surface area contributed by atoms with E-state index in [1.807, 2.05) is 24.3 Å². The van der Waals surface area contributed by atoms with Gasteiger partial charge in [-0.05, 0) is 43.0 Å². The Balaban J connectivity index is 1.97. The third-order valence-corrected chi connectivity index (χ3v) is 4.00. The van der Waals surface area contributed by atoms with Crippen molar-refractivity contribution >= 4 is 12.0 Å². The fourth-order valence-corrected chi connectivity index (χ4v) is 2.88. The number of hydrogen-bond acceptors (Lipinski definition) is 3. The number of aliphatic carboxylic acids is 1. The first-order chi connectivity index (χ1) is 10.2. The molecule has 0 radical (unpaired) electrons. The Bertz CT molecular complexity index is 479. The van der Waals surface area contributed by atoms with Crippen LogP contribution < -0.4 is 0 Å². The number of piperidine rings is 1. The van der Waals surface area contributed by atoms with Crippen LogP contribution in [0.4, 0.5) is 0 Å². The highest BCUT2D eigenvalue weighted by atomic mass is 16.4. The molecule has 1 heterocycles. The van der Waals surface area contributed by atoms with Gasteiger partial charge in [-0.15, -0.1) is 0 Å². The molecule has 1 atom stereocenters. The first-order valence-corrected chi connectivity index (χ1v) is 7.54. The fourth-order valence-electron chi connectivity index (χ4n) is 2.88. The number of benzene rings is 1. The van der Waals surface area contributed by atoms with Crippen molar-refractivity contribution in [2.75, 3.05) is 13.2 Å². The molecule has 0 saturated carbocycles. The summed E-state index contributed by atoms with van der Waals surface area (Å²) in [5.41, 5.74) is 2.12. The first-order valence-electron chi connectivity index (χ1n) is 7.54. The van der Waals surface area contributed by atoms with Crippen LogP contribution in [-0.4, -0.2) is 40.3 Å². The number of hydrogen-bond donors (Lipinski definition) is 2. The van der Waals surface area contributed by atoms with Crippen molar-refractivity contribution in [3.8, 4) is 0 Å². The summed E-state index contributed by atoms with van der Waals surface area (Å²) in [5.74, 6) is -0.931. The van der Waals surface area contributed by atoms with Crippen LogP contribution >= 0.6 is 0 Å². The van der Waals surface area contributed by atoms with E-state index in [0.29, 0.717) is 6.04 Å². The van der Waals surface area contributed by atoms with Gasteiger partial charge in [0.2, 0.25) is 0 Å². The fraction of sp³-hybridized carbons (Fsp3) is 0.471. The summed E-state index contributed by atoms with van der Waals surface area (Å²) in [6, 6.07) is 8.47. The molecule has 1 fully saturated rings. The van der Waals surface area contributed by atoms with Crippen molar-refractivity contribution in [2.24, 2.45) is 0 Å². The lowest BCUT2D eigenvalue weighted by Gasteiger charge is -2.35. The maximum Gasteiger partial charge on any atom is 0.328 e. The van der Waals surface area contributed by atoms with Gasteiger partial charge in [-0.3, -0.25) is 4.90 Å². The standard InChI is InChI=1S/C17H23NO3/c19-12-10-16-3-1-2-11-18(16)13-15-6-4-14(5-7-15)8-9-17(20)21/h4-9,16,19H,1-3,10-13H2,(H,20,21). The van der Waals surface area contributed by atoms with Gasteiger partial charge in [0, 0.05) is 25.3 Å². The van der Waals surface area contributed by atoms with E-state index in [1.54, 1.807) is 6.08 Å². The van der Waals surface area contributed by atoms with Gasteiger partial charge in [0.1, 0.15) is 0 Å². The molecule has 1 aliphatic rings. The third-order valence-electron chi connectivity index (χ3n) is 4.00. The highest BCUT2D eigenvalue weighted by molar-refractivity contribution is 5.85. The maximum atomic E-state index is 10.5. The Morgan fingerprint density at radius 3 is 2.71 bits per heavy atom. The summed E-state index contributed by atoms with van der Waals surface area (Å²) in [5, 5.41) is 17.8. The topological polar surface area (TPSA) is 60.8 Å². The molecule has 0 spiro atoms. The Kier molecular flexibility index (Phi) is 5.96. The molecule has 114 valence electrons. The van der Waals surface area contributed by atoms with E-state index in [9.17, 15) is 4.79 Å². The minimum Gasteiger partial charge on any atom is -0.478 e. The van der Waals surface area contributed by atoms with Gasteiger partial charge in [0.05, 0.1) is 0 Å². The molecule has 1 saturated heterocycles. The van der Waals surface area contributed by atoms with E-state index in [-0.39, 0.29) is 6.61 Å². The maximum absolute atomic E-state index is 10.5. The van der Waals surface area contributed by atoms with Gasteiger partial charge in [0.15, 0.2) is 0 Å². The molecule has 4 nitrogen and oxygen atoms in total. The Labute approximate surface area is 125 Å². The summed E-state index contributed by atoms with van der Waals surface area (Å²) in [7, 11) is 0. The molecule has 21 heavy (non-hydrogen) atoms. The van der Waals surface area contributed by atoms with Gasteiger partial charge in [0.25, 0.3) is 0 Å². The van der Waals surface area contributed by atoms with Crippen molar-refractivity contribution in [1.82, 2.24) is 4.90 Å². The molecule has 1 aromatic rings. The molecule has 0 amide bonds. The molecular weight excluding hydrogens is 266 g/mol.